The molecule has 43 heavy (non-hydrogen) atoms. The van der Waals surface area contributed by atoms with Gasteiger partial charge in [-0.1, -0.05) is 0 Å². The van der Waals surface area contributed by atoms with Crippen LogP contribution >= 0.6 is 0 Å². The predicted octanol–water partition coefficient (Wildman–Crippen LogP) is 4.64. The Labute approximate surface area is 245 Å². The third-order valence-corrected chi connectivity index (χ3v) is 9.23. The van der Waals surface area contributed by atoms with E-state index in [2.05, 4.69) is 9.97 Å². The lowest BCUT2D eigenvalue weighted by molar-refractivity contribution is 0.0612. The number of piperidine rings is 1. The van der Waals surface area contributed by atoms with Gasteiger partial charge in [0.25, 0.3) is 12.3 Å². The number of hydrogen-bond acceptors (Lipinski definition) is 6. The SMILES string of the molecule is C[C@H]1CC[C@@H](N)CN1C(=O)c1ccn2c(C(F)F)c(-c3cc4ccc(N(C(F)F)S(C)(=O)=O)nc4n3CC3CC3)nc2c1. The first-order valence-electron chi connectivity index (χ1n) is 14.0. The first kappa shape index (κ1) is 29.4. The second-order valence-corrected chi connectivity index (χ2v) is 13.3. The average molecular weight is 622 g/mol. The number of carbonyl (C=O) groups is 1. The molecule has 0 aromatic carbocycles. The highest BCUT2D eigenvalue weighted by Gasteiger charge is 2.32. The zero-order valence-electron chi connectivity index (χ0n) is 23.5. The number of carbonyl (C=O) groups excluding carboxylic acids is 1. The minimum Gasteiger partial charge on any atom is -0.334 e. The molecule has 1 saturated carbocycles. The van der Waals surface area contributed by atoms with E-state index in [-0.39, 0.29) is 50.9 Å². The minimum atomic E-state index is -4.36. The zero-order valence-corrected chi connectivity index (χ0v) is 24.3. The van der Waals surface area contributed by atoms with Gasteiger partial charge in [0.2, 0.25) is 10.0 Å². The van der Waals surface area contributed by atoms with Crippen molar-refractivity contribution in [2.24, 2.45) is 11.7 Å². The van der Waals surface area contributed by atoms with Gasteiger partial charge in [-0.05, 0) is 68.9 Å². The largest absolute Gasteiger partial charge is 0.334 e. The Morgan fingerprint density at radius 2 is 1.84 bits per heavy atom. The summed E-state index contributed by atoms with van der Waals surface area (Å²) in [5.74, 6) is -0.525. The molecule has 15 heteroatoms. The fourth-order valence-electron chi connectivity index (χ4n) is 5.77. The highest BCUT2D eigenvalue weighted by molar-refractivity contribution is 7.92. The second-order valence-electron chi connectivity index (χ2n) is 11.4. The molecule has 1 saturated heterocycles. The van der Waals surface area contributed by atoms with Gasteiger partial charge >= 0.3 is 6.55 Å². The van der Waals surface area contributed by atoms with Gasteiger partial charge in [0, 0.05) is 42.3 Å². The monoisotopic (exact) mass is 621 g/mol. The maximum Gasteiger partial charge on any atom is 0.329 e. The fourth-order valence-corrected chi connectivity index (χ4v) is 6.50. The van der Waals surface area contributed by atoms with Crippen molar-refractivity contribution in [3.63, 3.8) is 0 Å². The molecular formula is C28H31F4N7O3S. The molecule has 2 aliphatic rings. The zero-order chi connectivity index (χ0) is 30.8. The highest BCUT2D eigenvalue weighted by atomic mass is 32.2. The van der Waals surface area contributed by atoms with E-state index in [0.29, 0.717) is 30.3 Å². The van der Waals surface area contributed by atoms with Crippen LogP contribution < -0.4 is 10.0 Å². The Balaban J connectivity index is 1.49. The average Bonchev–Trinajstić information content (AvgIpc) is 3.57. The molecule has 0 bridgehead atoms. The molecular weight excluding hydrogens is 590 g/mol. The van der Waals surface area contributed by atoms with E-state index in [1.54, 1.807) is 15.5 Å². The molecule has 0 spiro atoms. The summed E-state index contributed by atoms with van der Waals surface area (Å²) >= 11 is 0. The van der Waals surface area contributed by atoms with Crippen LogP contribution in [-0.4, -0.2) is 69.6 Å². The molecule has 2 atom stereocenters. The van der Waals surface area contributed by atoms with E-state index in [9.17, 15) is 30.8 Å². The van der Waals surface area contributed by atoms with Crippen LogP contribution in [0.2, 0.25) is 0 Å². The third-order valence-electron chi connectivity index (χ3n) is 8.17. The van der Waals surface area contributed by atoms with Crippen LogP contribution in [0.4, 0.5) is 23.4 Å². The third kappa shape index (κ3) is 5.44. The maximum absolute atomic E-state index is 14.6. The highest BCUT2D eigenvalue weighted by Crippen LogP contribution is 2.39. The molecule has 1 aliphatic heterocycles. The minimum absolute atomic E-state index is 0.0188. The van der Waals surface area contributed by atoms with Gasteiger partial charge in [-0.2, -0.15) is 13.1 Å². The van der Waals surface area contributed by atoms with Gasteiger partial charge in [-0.3, -0.25) is 9.20 Å². The number of nitrogens with zero attached hydrogens (tertiary/aromatic N) is 6. The summed E-state index contributed by atoms with van der Waals surface area (Å²) < 4.78 is 83.8. The molecule has 230 valence electrons. The first-order valence-corrected chi connectivity index (χ1v) is 15.8. The van der Waals surface area contributed by atoms with Crippen molar-refractivity contribution in [2.45, 2.75) is 64.2 Å². The van der Waals surface area contributed by atoms with Gasteiger partial charge < -0.3 is 15.2 Å². The summed E-state index contributed by atoms with van der Waals surface area (Å²) in [5, 5.41) is 0.450. The van der Waals surface area contributed by atoms with Crippen molar-refractivity contribution in [3.8, 4) is 11.4 Å². The number of likely N-dealkylation sites (tertiary alicyclic amines) is 1. The molecule has 0 unspecified atom stereocenters. The van der Waals surface area contributed by atoms with Crippen molar-refractivity contribution in [1.29, 1.82) is 0 Å². The van der Waals surface area contributed by atoms with Gasteiger partial charge in [-0.25, -0.2) is 27.2 Å². The van der Waals surface area contributed by atoms with E-state index in [1.807, 2.05) is 6.92 Å². The molecule has 1 aliphatic carbocycles. The summed E-state index contributed by atoms with van der Waals surface area (Å²) in [6.07, 6.45) is 2.47. The Morgan fingerprint density at radius 3 is 2.49 bits per heavy atom. The van der Waals surface area contributed by atoms with Gasteiger partial charge in [0.05, 0.1) is 11.9 Å². The van der Waals surface area contributed by atoms with Crippen molar-refractivity contribution in [2.75, 3.05) is 17.1 Å². The number of aromatic nitrogens is 4. The number of alkyl halides is 4. The second kappa shape index (κ2) is 10.8. The number of pyridine rings is 2. The lowest BCUT2D eigenvalue weighted by atomic mass is 9.99. The number of rotatable bonds is 8. The summed E-state index contributed by atoms with van der Waals surface area (Å²) in [6.45, 7) is -0.669. The van der Waals surface area contributed by atoms with Gasteiger partial charge in [0.1, 0.15) is 28.5 Å². The van der Waals surface area contributed by atoms with E-state index < -0.39 is 34.5 Å². The smallest absolute Gasteiger partial charge is 0.329 e. The molecule has 5 heterocycles. The Hall–Kier alpha value is -3.72. The summed E-state index contributed by atoms with van der Waals surface area (Å²) in [5.41, 5.74) is 6.56. The van der Waals surface area contributed by atoms with Crippen molar-refractivity contribution < 1.29 is 30.8 Å². The number of nitrogens with two attached hydrogens (primary N) is 1. The van der Waals surface area contributed by atoms with E-state index in [4.69, 9.17) is 5.73 Å². The van der Waals surface area contributed by atoms with Crippen LogP contribution in [0.25, 0.3) is 28.1 Å². The Morgan fingerprint density at radius 1 is 1.09 bits per heavy atom. The number of fused-ring (bicyclic) bond motifs is 2. The maximum atomic E-state index is 14.6. The molecule has 2 N–H and O–H groups in total. The van der Waals surface area contributed by atoms with Gasteiger partial charge in [-0.15, -0.1) is 0 Å². The number of imidazole rings is 1. The van der Waals surface area contributed by atoms with Gasteiger partial charge in [0.15, 0.2) is 0 Å². The van der Waals surface area contributed by atoms with E-state index in [0.717, 1.165) is 31.7 Å². The van der Waals surface area contributed by atoms with E-state index in [1.165, 1.54) is 28.8 Å². The number of anilines is 1. The van der Waals surface area contributed by atoms with Crippen LogP contribution in [0, 0.1) is 5.92 Å². The molecule has 2 fully saturated rings. The molecule has 10 nitrogen and oxygen atoms in total. The normalized spacial score (nSPS) is 19.7. The van der Waals surface area contributed by atoms with Crippen molar-refractivity contribution in [1.82, 2.24) is 23.8 Å². The predicted molar refractivity (Wildman–Crippen MR) is 153 cm³/mol. The van der Waals surface area contributed by atoms with Crippen molar-refractivity contribution in [3.05, 3.63) is 47.8 Å². The van der Waals surface area contributed by atoms with Crippen LogP contribution in [0.3, 0.4) is 0 Å². The molecule has 0 radical (unpaired) electrons. The topological polar surface area (TPSA) is 119 Å². The standard InChI is InChI=1S/C28H31F4N7O3S/c1-15-3-7-19(33)14-37(15)27(40)18-9-10-36-22(12-18)34-23(24(36)25(29)30)20-11-17-6-8-21(39(28(31)32)43(2,41)42)35-26(17)38(20)13-16-4-5-16/h6,8-12,15-16,19,25,28H,3-5,7,13-14,33H2,1-2H3/t15-,19+/m0/s1. The molecule has 1 amide bonds. The Bertz CT molecular complexity index is 1820. The summed E-state index contributed by atoms with van der Waals surface area (Å²) in [4.78, 5) is 23.9. The number of hydrogen-bond donors (Lipinski definition) is 1. The fraction of sp³-hybridized carbons (Fsp3) is 0.464. The van der Waals surface area contributed by atoms with Crippen LogP contribution in [0.15, 0.2) is 36.5 Å². The van der Waals surface area contributed by atoms with Crippen LogP contribution in [-0.2, 0) is 16.6 Å². The first-order chi connectivity index (χ1) is 20.3. The van der Waals surface area contributed by atoms with Crippen LogP contribution in [0.5, 0.6) is 0 Å². The molecule has 4 aromatic heterocycles. The van der Waals surface area contributed by atoms with Crippen molar-refractivity contribution >= 4 is 38.4 Å². The lowest BCUT2D eigenvalue weighted by Crippen LogP contribution is -2.50. The molecule has 4 aromatic rings. The summed E-state index contributed by atoms with van der Waals surface area (Å²) in [7, 11) is -4.36. The lowest BCUT2D eigenvalue weighted by Gasteiger charge is -2.36. The quantitative estimate of drug-likeness (QED) is 0.226. The summed E-state index contributed by atoms with van der Waals surface area (Å²) in [6, 6.07) is 6.99. The Kier molecular flexibility index (Phi) is 7.35. The van der Waals surface area contributed by atoms with Crippen LogP contribution in [0.1, 0.15) is 55.1 Å². The van der Waals surface area contributed by atoms with E-state index >= 15 is 0 Å². The number of halogens is 4. The molecule has 6 rings (SSSR count). The number of sulfonamides is 1. The number of amides is 1.